The van der Waals surface area contributed by atoms with E-state index in [0.717, 1.165) is 38.2 Å². The Labute approximate surface area is 118 Å². The number of nitro groups is 1. The van der Waals surface area contributed by atoms with Crippen molar-refractivity contribution in [3.05, 3.63) is 39.7 Å². The fourth-order valence-corrected chi connectivity index (χ4v) is 2.63. The van der Waals surface area contributed by atoms with Crippen LogP contribution in [0.5, 0.6) is 0 Å². The number of ether oxygens (including phenoxy) is 1. The van der Waals surface area contributed by atoms with E-state index in [0.29, 0.717) is 22.7 Å². The Morgan fingerprint density at radius 3 is 2.90 bits per heavy atom. The van der Waals surface area contributed by atoms with Crippen LogP contribution >= 0.6 is 0 Å². The Kier molecular flexibility index (Phi) is 4.49. The van der Waals surface area contributed by atoms with E-state index in [1.165, 1.54) is 0 Å². The van der Waals surface area contributed by atoms with E-state index in [4.69, 9.17) is 4.74 Å². The predicted octanol–water partition coefficient (Wildman–Crippen LogP) is 3.62. The maximum absolute atomic E-state index is 11.2. The highest BCUT2D eigenvalue weighted by Crippen LogP contribution is 2.33. The molecule has 0 spiro atoms. The zero-order valence-electron chi connectivity index (χ0n) is 12.0. The lowest BCUT2D eigenvalue weighted by Gasteiger charge is -2.15. The van der Waals surface area contributed by atoms with Gasteiger partial charge in [0.2, 0.25) is 0 Å². The molecule has 1 unspecified atom stereocenters. The molecule has 0 aromatic carbocycles. The quantitative estimate of drug-likeness (QED) is 0.624. The smallest absolute Gasteiger partial charge is 0.297 e. The summed E-state index contributed by atoms with van der Waals surface area (Å²) in [5.41, 5.74) is 2.70. The lowest BCUT2D eigenvalue weighted by atomic mass is 9.94. The molecule has 2 rings (SSSR count). The molecular formula is C15H20N2O3. The SMILES string of the molecule is C=C(C)c1nc(C2CCCOCC2)cc(C)c1[N+](=O)[O-]. The van der Waals surface area contributed by atoms with Crippen LogP contribution in [0, 0.1) is 17.0 Å². The van der Waals surface area contributed by atoms with Gasteiger partial charge in [0.25, 0.3) is 5.69 Å². The third-order valence-electron chi connectivity index (χ3n) is 3.66. The fourth-order valence-electron chi connectivity index (χ4n) is 2.63. The molecule has 1 aromatic rings. The van der Waals surface area contributed by atoms with Crippen molar-refractivity contribution in [1.29, 1.82) is 0 Å². The van der Waals surface area contributed by atoms with Crippen molar-refractivity contribution in [2.24, 2.45) is 0 Å². The molecule has 5 nitrogen and oxygen atoms in total. The molecule has 1 aromatic heterocycles. The third-order valence-corrected chi connectivity index (χ3v) is 3.66. The molecule has 0 bridgehead atoms. The summed E-state index contributed by atoms with van der Waals surface area (Å²) >= 11 is 0. The zero-order chi connectivity index (χ0) is 14.7. The van der Waals surface area contributed by atoms with E-state index < -0.39 is 0 Å². The van der Waals surface area contributed by atoms with Crippen LogP contribution in [0.3, 0.4) is 0 Å². The van der Waals surface area contributed by atoms with Gasteiger partial charge in [-0.15, -0.1) is 0 Å². The van der Waals surface area contributed by atoms with Gasteiger partial charge in [0.05, 0.1) is 4.92 Å². The lowest BCUT2D eigenvalue weighted by Crippen LogP contribution is -2.07. The molecule has 0 N–H and O–H groups in total. The van der Waals surface area contributed by atoms with E-state index in [2.05, 4.69) is 11.6 Å². The van der Waals surface area contributed by atoms with Crippen LogP contribution in [0.25, 0.3) is 5.57 Å². The van der Waals surface area contributed by atoms with Crippen molar-refractivity contribution in [2.45, 2.75) is 39.0 Å². The first-order valence-electron chi connectivity index (χ1n) is 6.90. The van der Waals surface area contributed by atoms with Crippen LogP contribution in [-0.4, -0.2) is 23.1 Å². The minimum absolute atomic E-state index is 0.0751. The number of aryl methyl sites for hydroxylation is 1. The highest BCUT2D eigenvalue weighted by Gasteiger charge is 2.24. The monoisotopic (exact) mass is 276 g/mol. The molecule has 1 aliphatic heterocycles. The molecule has 0 saturated carbocycles. The summed E-state index contributed by atoms with van der Waals surface area (Å²) in [5.74, 6) is 0.315. The Hall–Kier alpha value is -1.75. The molecule has 2 heterocycles. The van der Waals surface area contributed by atoms with Crippen LogP contribution in [0.1, 0.15) is 49.1 Å². The molecule has 20 heavy (non-hydrogen) atoms. The number of rotatable bonds is 3. The predicted molar refractivity (Wildman–Crippen MR) is 77.7 cm³/mol. The Morgan fingerprint density at radius 1 is 1.50 bits per heavy atom. The number of aromatic nitrogens is 1. The van der Waals surface area contributed by atoms with E-state index in [1.54, 1.807) is 13.8 Å². The summed E-state index contributed by atoms with van der Waals surface area (Å²) in [5, 5.41) is 11.2. The Bertz CT molecular complexity index is 532. The van der Waals surface area contributed by atoms with Crippen molar-refractivity contribution in [3.8, 4) is 0 Å². The molecule has 108 valence electrons. The molecule has 1 fully saturated rings. The molecular weight excluding hydrogens is 256 g/mol. The van der Waals surface area contributed by atoms with E-state index in [1.807, 2.05) is 6.07 Å². The average molecular weight is 276 g/mol. The topological polar surface area (TPSA) is 65.3 Å². The summed E-state index contributed by atoms with van der Waals surface area (Å²) in [6.07, 6.45) is 2.94. The first-order chi connectivity index (χ1) is 9.50. The summed E-state index contributed by atoms with van der Waals surface area (Å²) < 4.78 is 5.46. The van der Waals surface area contributed by atoms with Crippen LogP contribution in [-0.2, 0) is 4.74 Å². The zero-order valence-corrected chi connectivity index (χ0v) is 12.0. The number of allylic oxidation sites excluding steroid dienone is 1. The largest absolute Gasteiger partial charge is 0.381 e. The van der Waals surface area contributed by atoms with Gasteiger partial charge in [-0.05, 0) is 44.7 Å². The molecule has 5 heteroatoms. The van der Waals surface area contributed by atoms with Crippen LogP contribution < -0.4 is 0 Å². The minimum Gasteiger partial charge on any atom is -0.381 e. The molecule has 0 radical (unpaired) electrons. The van der Waals surface area contributed by atoms with Gasteiger partial charge in [-0.25, -0.2) is 4.98 Å². The van der Waals surface area contributed by atoms with Gasteiger partial charge in [-0.2, -0.15) is 0 Å². The summed E-state index contributed by atoms with van der Waals surface area (Å²) in [7, 11) is 0. The van der Waals surface area contributed by atoms with E-state index in [-0.39, 0.29) is 10.6 Å². The lowest BCUT2D eigenvalue weighted by molar-refractivity contribution is -0.386. The van der Waals surface area contributed by atoms with Gasteiger partial charge in [0.1, 0.15) is 5.69 Å². The highest BCUT2D eigenvalue weighted by molar-refractivity contribution is 5.68. The molecule has 1 atom stereocenters. The van der Waals surface area contributed by atoms with Crippen molar-refractivity contribution in [1.82, 2.24) is 4.98 Å². The second-order valence-electron chi connectivity index (χ2n) is 5.34. The van der Waals surface area contributed by atoms with E-state index >= 15 is 0 Å². The van der Waals surface area contributed by atoms with Gasteiger partial charge in [0.15, 0.2) is 0 Å². The number of pyridine rings is 1. The Morgan fingerprint density at radius 2 is 2.25 bits per heavy atom. The summed E-state index contributed by atoms with van der Waals surface area (Å²) in [6.45, 7) is 8.86. The first kappa shape index (κ1) is 14.7. The summed E-state index contributed by atoms with van der Waals surface area (Å²) in [6, 6.07) is 1.85. The van der Waals surface area contributed by atoms with Gasteiger partial charge in [-0.1, -0.05) is 6.58 Å². The maximum atomic E-state index is 11.2. The van der Waals surface area contributed by atoms with Crippen molar-refractivity contribution < 1.29 is 9.66 Å². The van der Waals surface area contributed by atoms with Crippen molar-refractivity contribution in [3.63, 3.8) is 0 Å². The van der Waals surface area contributed by atoms with E-state index in [9.17, 15) is 10.1 Å². The number of hydrogen-bond acceptors (Lipinski definition) is 4. The third kappa shape index (κ3) is 3.04. The van der Waals surface area contributed by atoms with Crippen molar-refractivity contribution >= 4 is 11.3 Å². The van der Waals surface area contributed by atoms with Gasteiger partial charge < -0.3 is 4.74 Å². The van der Waals surface area contributed by atoms with Gasteiger partial charge in [-0.3, -0.25) is 10.1 Å². The number of hydrogen-bond donors (Lipinski definition) is 0. The standard InChI is InChI=1S/C15H20N2O3/c1-10(2)14-15(17(18)19)11(3)9-13(16-14)12-5-4-7-20-8-6-12/h9,12H,1,4-8H2,2-3H3. The summed E-state index contributed by atoms with van der Waals surface area (Å²) in [4.78, 5) is 15.3. The molecule has 1 aliphatic rings. The normalized spacial score (nSPS) is 19.4. The maximum Gasteiger partial charge on any atom is 0.297 e. The van der Waals surface area contributed by atoms with Gasteiger partial charge in [0, 0.05) is 30.4 Å². The van der Waals surface area contributed by atoms with Gasteiger partial charge >= 0.3 is 0 Å². The van der Waals surface area contributed by atoms with Crippen LogP contribution in [0.4, 0.5) is 5.69 Å². The minimum atomic E-state index is -0.369. The highest BCUT2D eigenvalue weighted by atomic mass is 16.6. The molecule has 1 saturated heterocycles. The molecule has 0 aliphatic carbocycles. The number of nitrogens with zero attached hydrogens (tertiary/aromatic N) is 2. The Balaban J connectivity index is 2.45. The molecule has 0 amide bonds. The van der Waals surface area contributed by atoms with Crippen molar-refractivity contribution in [2.75, 3.05) is 13.2 Å². The fraction of sp³-hybridized carbons (Fsp3) is 0.533. The second kappa shape index (κ2) is 6.13. The second-order valence-corrected chi connectivity index (χ2v) is 5.34. The first-order valence-corrected chi connectivity index (χ1v) is 6.90. The van der Waals surface area contributed by atoms with Crippen LogP contribution in [0.2, 0.25) is 0 Å². The average Bonchev–Trinajstić information content (AvgIpc) is 2.65. The van der Waals surface area contributed by atoms with Crippen LogP contribution in [0.15, 0.2) is 12.6 Å².